The molecule has 84 valence electrons. The highest BCUT2D eigenvalue weighted by atomic mass is 19.1. The lowest BCUT2D eigenvalue weighted by atomic mass is 9.48. The van der Waals surface area contributed by atoms with Gasteiger partial charge in [0.2, 0.25) is 0 Å². The van der Waals surface area contributed by atoms with Crippen LogP contribution in [0.25, 0.3) is 0 Å². The van der Waals surface area contributed by atoms with Crippen molar-refractivity contribution >= 4 is 5.78 Å². The largest absolute Gasteiger partial charge is 0.296 e. The van der Waals surface area contributed by atoms with Crippen molar-refractivity contribution in [2.75, 3.05) is 0 Å². The normalized spacial score (nSPS) is 49.3. The Bertz CT molecular complexity index is 260. The smallest absolute Gasteiger partial charge is 0.172 e. The average molecular weight is 210 g/mol. The molecular formula is C13H19FO. The number of halogens is 1. The summed E-state index contributed by atoms with van der Waals surface area (Å²) in [4.78, 5) is 12.0. The number of hydrogen-bond acceptors (Lipinski definition) is 1. The summed E-state index contributed by atoms with van der Waals surface area (Å²) in [7, 11) is 0. The van der Waals surface area contributed by atoms with Gasteiger partial charge in [-0.15, -0.1) is 0 Å². The van der Waals surface area contributed by atoms with Gasteiger partial charge in [0, 0.05) is 5.41 Å². The Morgan fingerprint density at radius 1 is 1.13 bits per heavy atom. The Balaban J connectivity index is 1.90. The standard InChI is InChI=1S/C13H19FO/c1-8(14)12(15)13-5-9-2-10(6-13)4-11(3-9)7-13/h8-11H,2-7H2,1H3. The van der Waals surface area contributed by atoms with Gasteiger partial charge in [0.25, 0.3) is 0 Å². The van der Waals surface area contributed by atoms with Crippen molar-refractivity contribution in [2.24, 2.45) is 23.2 Å². The summed E-state index contributed by atoms with van der Waals surface area (Å²) in [6.45, 7) is 1.42. The Hall–Kier alpha value is -0.400. The Kier molecular flexibility index (Phi) is 1.99. The van der Waals surface area contributed by atoms with Crippen LogP contribution < -0.4 is 0 Å². The second-order valence-electron chi connectivity index (χ2n) is 6.18. The van der Waals surface area contributed by atoms with Gasteiger partial charge in [-0.3, -0.25) is 4.79 Å². The molecule has 4 bridgehead atoms. The molecule has 0 spiro atoms. The first kappa shape index (κ1) is 9.80. The van der Waals surface area contributed by atoms with Gasteiger partial charge in [-0.05, 0) is 63.2 Å². The summed E-state index contributed by atoms with van der Waals surface area (Å²) in [5, 5.41) is 0. The van der Waals surface area contributed by atoms with Crippen LogP contribution in [0.1, 0.15) is 45.4 Å². The zero-order valence-corrected chi connectivity index (χ0v) is 9.34. The average Bonchev–Trinajstić information content (AvgIpc) is 2.14. The molecule has 1 nitrogen and oxygen atoms in total. The molecule has 0 aromatic carbocycles. The summed E-state index contributed by atoms with van der Waals surface area (Å²) in [5.41, 5.74) is -0.233. The first-order chi connectivity index (χ1) is 7.09. The predicted molar refractivity (Wildman–Crippen MR) is 56.2 cm³/mol. The fourth-order valence-electron chi connectivity index (χ4n) is 4.83. The molecule has 4 saturated carbocycles. The molecule has 2 heteroatoms. The highest BCUT2D eigenvalue weighted by molar-refractivity contribution is 5.88. The highest BCUT2D eigenvalue weighted by Gasteiger charge is 2.55. The van der Waals surface area contributed by atoms with E-state index in [-0.39, 0.29) is 11.2 Å². The van der Waals surface area contributed by atoms with Gasteiger partial charge in [0.1, 0.15) is 0 Å². The molecule has 0 N–H and O–H groups in total. The molecule has 4 aliphatic carbocycles. The third-order valence-corrected chi connectivity index (χ3v) is 4.92. The molecule has 0 aromatic rings. The summed E-state index contributed by atoms with van der Waals surface area (Å²) in [6, 6.07) is 0. The number of carbonyl (C=O) groups excluding carboxylic acids is 1. The van der Waals surface area contributed by atoms with Crippen LogP contribution in [-0.2, 0) is 4.79 Å². The monoisotopic (exact) mass is 210 g/mol. The second kappa shape index (κ2) is 3.05. The van der Waals surface area contributed by atoms with E-state index in [1.165, 1.54) is 26.2 Å². The zero-order chi connectivity index (χ0) is 10.6. The van der Waals surface area contributed by atoms with E-state index in [4.69, 9.17) is 0 Å². The first-order valence-electron chi connectivity index (χ1n) is 6.27. The maximum absolute atomic E-state index is 13.3. The maximum Gasteiger partial charge on any atom is 0.172 e. The molecule has 0 aliphatic heterocycles. The van der Waals surface area contributed by atoms with E-state index in [0.29, 0.717) is 0 Å². The molecule has 0 radical (unpaired) electrons. The van der Waals surface area contributed by atoms with Gasteiger partial charge in [-0.25, -0.2) is 4.39 Å². The molecule has 4 fully saturated rings. The van der Waals surface area contributed by atoms with Crippen LogP contribution in [0.5, 0.6) is 0 Å². The molecule has 4 aliphatic rings. The van der Waals surface area contributed by atoms with E-state index in [0.717, 1.165) is 37.0 Å². The molecule has 0 aromatic heterocycles. The number of alkyl halides is 1. The summed E-state index contributed by atoms with van der Waals surface area (Å²) >= 11 is 0. The minimum atomic E-state index is -1.25. The quantitative estimate of drug-likeness (QED) is 0.684. The van der Waals surface area contributed by atoms with Crippen LogP contribution in [-0.4, -0.2) is 12.0 Å². The van der Waals surface area contributed by atoms with Crippen LogP contribution in [0.15, 0.2) is 0 Å². The van der Waals surface area contributed by atoms with Crippen LogP contribution >= 0.6 is 0 Å². The number of hydrogen-bond donors (Lipinski definition) is 0. The number of ketones is 1. The van der Waals surface area contributed by atoms with Crippen LogP contribution in [0, 0.1) is 23.2 Å². The molecule has 4 rings (SSSR count). The van der Waals surface area contributed by atoms with Crippen molar-refractivity contribution < 1.29 is 9.18 Å². The lowest BCUT2D eigenvalue weighted by Gasteiger charge is -2.56. The van der Waals surface area contributed by atoms with Crippen molar-refractivity contribution in [3.63, 3.8) is 0 Å². The Morgan fingerprint density at radius 3 is 1.87 bits per heavy atom. The minimum Gasteiger partial charge on any atom is -0.296 e. The minimum absolute atomic E-state index is 0.0819. The SMILES string of the molecule is CC(F)C(=O)C12CC3CC(CC(C3)C1)C2. The van der Waals surface area contributed by atoms with Gasteiger partial charge < -0.3 is 0 Å². The molecule has 0 saturated heterocycles. The molecule has 1 atom stereocenters. The fraction of sp³-hybridized carbons (Fsp3) is 0.923. The van der Waals surface area contributed by atoms with E-state index in [1.54, 1.807) is 0 Å². The maximum atomic E-state index is 13.3. The second-order valence-corrected chi connectivity index (χ2v) is 6.18. The van der Waals surface area contributed by atoms with Crippen molar-refractivity contribution in [1.82, 2.24) is 0 Å². The molecule has 1 unspecified atom stereocenters. The summed E-state index contributed by atoms with van der Waals surface area (Å²) in [5.74, 6) is 2.12. The van der Waals surface area contributed by atoms with Crippen LogP contribution in [0.2, 0.25) is 0 Å². The third-order valence-electron chi connectivity index (χ3n) is 4.92. The molecule has 0 heterocycles. The Labute approximate surface area is 90.4 Å². The number of carbonyl (C=O) groups is 1. The summed E-state index contributed by atoms with van der Waals surface area (Å²) in [6.07, 6.45) is 5.67. The third kappa shape index (κ3) is 1.37. The molecule has 15 heavy (non-hydrogen) atoms. The fourth-order valence-corrected chi connectivity index (χ4v) is 4.83. The molecule has 0 amide bonds. The van der Waals surface area contributed by atoms with Crippen LogP contribution in [0.3, 0.4) is 0 Å². The van der Waals surface area contributed by atoms with E-state index in [2.05, 4.69) is 0 Å². The summed E-state index contributed by atoms with van der Waals surface area (Å²) < 4.78 is 13.3. The van der Waals surface area contributed by atoms with Gasteiger partial charge >= 0.3 is 0 Å². The lowest BCUT2D eigenvalue weighted by molar-refractivity contribution is -0.148. The van der Waals surface area contributed by atoms with Gasteiger partial charge in [-0.2, -0.15) is 0 Å². The zero-order valence-electron chi connectivity index (χ0n) is 9.34. The predicted octanol–water partition coefficient (Wildman–Crippen LogP) is 3.13. The van der Waals surface area contributed by atoms with Crippen molar-refractivity contribution in [1.29, 1.82) is 0 Å². The molecular weight excluding hydrogens is 191 g/mol. The van der Waals surface area contributed by atoms with Gasteiger partial charge in [0.15, 0.2) is 12.0 Å². The van der Waals surface area contributed by atoms with Crippen LogP contribution in [0.4, 0.5) is 4.39 Å². The van der Waals surface area contributed by atoms with Crippen molar-refractivity contribution in [3.05, 3.63) is 0 Å². The highest BCUT2D eigenvalue weighted by Crippen LogP contribution is 2.60. The first-order valence-corrected chi connectivity index (χ1v) is 6.27. The number of rotatable bonds is 2. The van der Waals surface area contributed by atoms with E-state index < -0.39 is 6.17 Å². The lowest BCUT2D eigenvalue weighted by Crippen LogP contribution is -2.51. The Morgan fingerprint density at radius 2 is 1.53 bits per heavy atom. The number of Topliss-reactive ketones (excluding diaryl/α,β-unsaturated/α-hetero) is 1. The van der Waals surface area contributed by atoms with Gasteiger partial charge in [-0.1, -0.05) is 0 Å². The van der Waals surface area contributed by atoms with E-state index >= 15 is 0 Å². The van der Waals surface area contributed by atoms with E-state index in [1.807, 2.05) is 0 Å². The van der Waals surface area contributed by atoms with Crippen molar-refractivity contribution in [2.45, 2.75) is 51.6 Å². The van der Waals surface area contributed by atoms with E-state index in [9.17, 15) is 9.18 Å². The van der Waals surface area contributed by atoms with Gasteiger partial charge in [0.05, 0.1) is 0 Å². The van der Waals surface area contributed by atoms with Crippen molar-refractivity contribution in [3.8, 4) is 0 Å². The topological polar surface area (TPSA) is 17.1 Å².